The predicted octanol–water partition coefficient (Wildman–Crippen LogP) is 2.41. The lowest BCUT2D eigenvalue weighted by molar-refractivity contribution is -0.206. The lowest BCUT2D eigenvalue weighted by Crippen LogP contribution is -2.68. The van der Waals surface area contributed by atoms with Gasteiger partial charge in [-0.3, -0.25) is 9.78 Å². The van der Waals surface area contributed by atoms with Gasteiger partial charge in [-0.2, -0.15) is 0 Å². The molecule has 1 atom stereocenters. The molecule has 2 aliphatic heterocycles. The molecule has 25 heavy (non-hydrogen) atoms. The molecule has 3 aliphatic rings. The molecule has 1 saturated carbocycles. The zero-order valence-electron chi connectivity index (χ0n) is 14.6. The minimum Gasteiger partial charge on any atom is -0.373 e. The fraction of sp³-hybridized carbons (Fsp3) is 0.684. The topological polar surface area (TPSA) is 51.7 Å². The maximum absolute atomic E-state index is 12.9. The van der Waals surface area contributed by atoms with E-state index in [1.165, 1.54) is 0 Å². The van der Waals surface area contributed by atoms with Gasteiger partial charge in [-0.25, -0.2) is 4.39 Å². The molecule has 3 heterocycles. The summed E-state index contributed by atoms with van der Waals surface area (Å²) in [6, 6.07) is 2.09. The zero-order chi connectivity index (χ0) is 17.4. The van der Waals surface area contributed by atoms with Crippen LogP contribution in [0.15, 0.2) is 18.5 Å². The molecule has 3 fully saturated rings. The molecule has 4 rings (SSSR count). The Bertz CT molecular complexity index is 641. The van der Waals surface area contributed by atoms with Crippen LogP contribution in [0.2, 0.25) is 0 Å². The first-order valence-corrected chi connectivity index (χ1v) is 9.12. The molecule has 0 bridgehead atoms. The van der Waals surface area contributed by atoms with E-state index < -0.39 is 6.17 Å². The van der Waals surface area contributed by atoms with Crippen LogP contribution in [0.5, 0.6) is 0 Å². The summed E-state index contributed by atoms with van der Waals surface area (Å²) in [6.45, 7) is 4.47. The third-order valence-corrected chi connectivity index (χ3v) is 5.56. The molecule has 1 aromatic rings. The van der Waals surface area contributed by atoms with Gasteiger partial charge in [0, 0.05) is 31.3 Å². The van der Waals surface area contributed by atoms with Crippen LogP contribution >= 0.6 is 0 Å². The van der Waals surface area contributed by atoms with Crippen molar-refractivity contribution in [2.75, 3.05) is 19.7 Å². The number of rotatable bonds is 4. The zero-order valence-corrected chi connectivity index (χ0v) is 14.6. The highest BCUT2D eigenvalue weighted by atomic mass is 19.1. The highest BCUT2D eigenvalue weighted by molar-refractivity contribution is 5.81. The Morgan fingerprint density at radius 3 is 2.96 bits per heavy atom. The average Bonchev–Trinajstić information content (AvgIpc) is 2.55. The van der Waals surface area contributed by atoms with E-state index in [9.17, 15) is 9.18 Å². The number of carbonyl (C=O) groups is 1. The molecule has 1 aromatic heterocycles. The third kappa shape index (κ3) is 3.55. The van der Waals surface area contributed by atoms with Crippen molar-refractivity contribution in [1.29, 1.82) is 0 Å². The molecular formula is C19H25FN2O3. The Labute approximate surface area is 147 Å². The van der Waals surface area contributed by atoms with Crippen LogP contribution in [0, 0.1) is 12.8 Å². The molecule has 0 N–H and O–H groups in total. The Balaban J connectivity index is 1.26. The molecule has 1 spiro atoms. The Kier molecular flexibility index (Phi) is 4.50. The smallest absolute Gasteiger partial charge is 0.226 e. The van der Waals surface area contributed by atoms with Crippen molar-refractivity contribution >= 4 is 5.91 Å². The summed E-state index contributed by atoms with van der Waals surface area (Å²) in [5.74, 6) is -0.0196. The summed E-state index contributed by atoms with van der Waals surface area (Å²) in [5, 5.41) is 0. The quantitative estimate of drug-likeness (QED) is 0.839. The second-order valence-corrected chi connectivity index (χ2v) is 7.79. The first kappa shape index (κ1) is 16.9. The number of pyridine rings is 1. The second kappa shape index (κ2) is 6.65. The van der Waals surface area contributed by atoms with E-state index in [2.05, 4.69) is 11.1 Å². The van der Waals surface area contributed by atoms with Gasteiger partial charge in [0.25, 0.3) is 0 Å². The van der Waals surface area contributed by atoms with Gasteiger partial charge in [0.15, 0.2) is 0 Å². The number of halogens is 1. The van der Waals surface area contributed by atoms with Gasteiger partial charge in [-0.15, -0.1) is 0 Å². The van der Waals surface area contributed by atoms with E-state index in [4.69, 9.17) is 9.47 Å². The van der Waals surface area contributed by atoms with Gasteiger partial charge in [0.05, 0.1) is 25.8 Å². The SMILES string of the molecule is Cc1cncc(CO[C@H]2CCOC3(C2)CN(C(=O)C2CC(F)C2)C3)c1. The standard InChI is InChI=1S/C19H25FN2O3/c1-13-4-14(9-21-8-13)10-24-17-2-3-25-19(7-17)11-22(12-19)18(23)15-5-16(20)6-15/h4,8-9,15-17H,2-3,5-7,10-12H2,1H3/t15?,16?,17-/m0/s1. The summed E-state index contributed by atoms with van der Waals surface area (Å²) in [6.07, 6.45) is 5.49. The number of carbonyl (C=O) groups excluding carboxylic acids is 1. The highest BCUT2D eigenvalue weighted by Gasteiger charge is 2.51. The molecule has 2 saturated heterocycles. The van der Waals surface area contributed by atoms with E-state index in [-0.39, 0.29) is 23.5 Å². The summed E-state index contributed by atoms with van der Waals surface area (Å²) >= 11 is 0. The number of aryl methyl sites for hydroxylation is 1. The van der Waals surface area contributed by atoms with Crippen LogP contribution in [-0.2, 0) is 20.9 Å². The summed E-state index contributed by atoms with van der Waals surface area (Å²) in [4.78, 5) is 18.3. The molecule has 1 amide bonds. The van der Waals surface area contributed by atoms with Crippen molar-refractivity contribution < 1.29 is 18.7 Å². The van der Waals surface area contributed by atoms with Gasteiger partial charge < -0.3 is 14.4 Å². The van der Waals surface area contributed by atoms with Crippen LogP contribution in [0.4, 0.5) is 4.39 Å². The van der Waals surface area contributed by atoms with Gasteiger partial charge in [0.2, 0.25) is 5.91 Å². The largest absolute Gasteiger partial charge is 0.373 e. The van der Waals surface area contributed by atoms with Crippen molar-refractivity contribution in [1.82, 2.24) is 9.88 Å². The molecule has 6 heteroatoms. The van der Waals surface area contributed by atoms with Gasteiger partial charge in [-0.05, 0) is 37.3 Å². The van der Waals surface area contributed by atoms with Crippen molar-refractivity contribution in [3.8, 4) is 0 Å². The number of nitrogens with zero attached hydrogens (tertiary/aromatic N) is 2. The van der Waals surface area contributed by atoms with Crippen molar-refractivity contribution in [2.24, 2.45) is 5.92 Å². The number of aromatic nitrogens is 1. The minimum absolute atomic E-state index is 0.0944. The van der Waals surface area contributed by atoms with Gasteiger partial charge >= 0.3 is 0 Å². The monoisotopic (exact) mass is 348 g/mol. The molecule has 136 valence electrons. The van der Waals surface area contributed by atoms with Gasteiger partial charge in [-0.1, -0.05) is 6.07 Å². The highest BCUT2D eigenvalue weighted by Crippen LogP contribution is 2.39. The van der Waals surface area contributed by atoms with E-state index in [1.54, 1.807) is 0 Å². The lowest BCUT2D eigenvalue weighted by Gasteiger charge is -2.54. The maximum Gasteiger partial charge on any atom is 0.226 e. The fourth-order valence-corrected chi connectivity index (χ4v) is 4.07. The predicted molar refractivity (Wildman–Crippen MR) is 89.7 cm³/mol. The number of amides is 1. The second-order valence-electron chi connectivity index (χ2n) is 7.79. The lowest BCUT2D eigenvalue weighted by atomic mass is 9.79. The van der Waals surface area contributed by atoms with E-state index in [0.717, 1.165) is 24.0 Å². The molecule has 0 aromatic carbocycles. The normalized spacial score (nSPS) is 30.6. The van der Waals surface area contributed by atoms with Crippen molar-refractivity contribution in [3.63, 3.8) is 0 Å². The summed E-state index contributed by atoms with van der Waals surface area (Å²) in [5.41, 5.74) is 1.95. The van der Waals surface area contributed by atoms with Crippen LogP contribution in [-0.4, -0.2) is 53.4 Å². The number of alkyl halides is 1. The molecule has 0 radical (unpaired) electrons. The fourth-order valence-electron chi connectivity index (χ4n) is 4.07. The van der Waals surface area contributed by atoms with Crippen LogP contribution in [0.3, 0.4) is 0 Å². The van der Waals surface area contributed by atoms with Crippen LogP contribution in [0.1, 0.15) is 36.8 Å². The molecule has 5 nitrogen and oxygen atoms in total. The first-order valence-electron chi connectivity index (χ1n) is 9.12. The third-order valence-electron chi connectivity index (χ3n) is 5.56. The number of hydrogen-bond donors (Lipinski definition) is 0. The summed E-state index contributed by atoms with van der Waals surface area (Å²) in [7, 11) is 0. The Morgan fingerprint density at radius 2 is 2.24 bits per heavy atom. The molecule has 0 unspecified atom stereocenters. The van der Waals surface area contributed by atoms with Crippen LogP contribution < -0.4 is 0 Å². The van der Waals surface area contributed by atoms with E-state index in [0.29, 0.717) is 39.1 Å². The number of likely N-dealkylation sites (tertiary alicyclic amines) is 1. The van der Waals surface area contributed by atoms with Crippen molar-refractivity contribution in [2.45, 2.75) is 57.1 Å². The number of hydrogen-bond acceptors (Lipinski definition) is 4. The minimum atomic E-state index is -0.788. The summed E-state index contributed by atoms with van der Waals surface area (Å²) < 4.78 is 25.0. The Hall–Kier alpha value is -1.53. The average molecular weight is 348 g/mol. The molecule has 1 aliphatic carbocycles. The number of ether oxygens (including phenoxy) is 2. The van der Waals surface area contributed by atoms with Crippen molar-refractivity contribution in [3.05, 3.63) is 29.6 Å². The van der Waals surface area contributed by atoms with Gasteiger partial charge in [0.1, 0.15) is 11.8 Å². The first-order chi connectivity index (χ1) is 12.0. The maximum atomic E-state index is 12.9. The molecular weight excluding hydrogens is 323 g/mol. The van der Waals surface area contributed by atoms with E-state index in [1.807, 2.05) is 24.2 Å². The van der Waals surface area contributed by atoms with Crippen LogP contribution in [0.25, 0.3) is 0 Å². The van der Waals surface area contributed by atoms with E-state index >= 15 is 0 Å². The Morgan fingerprint density at radius 1 is 1.44 bits per heavy atom.